The standard InChI is InChI=1S/C15H19NO6S/c1-10(15(19)16-12-6-7-23(20,21)9-12)22-14(18)8-11-2-4-13(17)5-3-11/h2-5,10,12,17H,6-9H2,1H3,(H,16,19)/t10-,12-/m1/s1. The van der Waals surface area contributed by atoms with Crippen LogP contribution in [0.1, 0.15) is 18.9 Å². The van der Waals surface area contributed by atoms with Gasteiger partial charge < -0.3 is 15.2 Å². The van der Waals surface area contributed by atoms with E-state index < -0.39 is 33.9 Å². The Balaban J connectivity index is 1.81. The lowest BCUT2D eigenvalue weighted by Crippen LogP contribution is -2.42. The Hall–Kier alpha value is -2.09. The number of rotatable bonds is 5. The summed E-state index contributed by atoms with van der Waals surface area (Å²) in [4.78, 5) is 23.7. The monoisotopic (exact) mass is 341 g/mol. The first-order valence-corrected chi connectivity index (χ1v) is 9.05. The molecule has 0 saturated carbocycles. The molecule has 2 atom stereocenters. The number of amides is 1. The quantitative estimate of drug-likeness (QED) is 0.739. The second kappa shape index (κ2) is 6.99. The summed E-state index contributed by atoms with van der Waals surface area (Å²) in [6.07, 6.45) is -0.638. The summed E-state index contributed by atoms with van der Waals surface area (Å²) in [5.74, 6) is -0.996. The van der Waals surface area contributed by atoms with E-state index in [-0.39, 0.29) is 23.7 Å². The first-order chi connectivity index (χ1) is 10.7. The molecule has 2 rings (SSSR count). The number of sulfone groups is 1. The Labute approximate surface area is 134 Å². The second-order valence-electron chi connectivity index (χ2n) is 5.58. The fraction of sp³-hybridized carbons (Fsp3) is 0.467. The molecule has 1 aliphatic heterocycles. The highest BCUT2D eigenvalue weighted by molar-refractivity contribution is 7.91. The third-order valence-corrected chi connectivity index (χ3v) is 5.31. The van der Waals surface area contributed by atoms with Gasteiger partial charge in [-0.1, -0.05) is 12.1 Å². The summed E-state index contributed by atoms with van der Waals surface area (Å²) in [5, 5.41) is 11.8. The normalized spacial score (nSPS) is 20.7. The van der Waals surface area contributed by atoms with Crippen molar-refractivity contribution < 1.29 is 27.9 Å². The second-order valence-corrected chi connectivity index (χ2v) is 7.81. The van der Waals surface area contributed by atoms with E-state index in [2.05, 4.69) is 5.32 Å². The number of benzene rings is 1. The Morgan fingerprint density at radius 2 is 2.00 bits per heavy atom. The summed E-state index contributed by atoms with van der Waals surface area (Å²) in [6, 6.07) is 5.67. The maximum Gasteiger partial charge on any atom is 0.311 e. The topological polar surface area (TPSA) is 110 Å². The van der Waals surface area contributed by atoms with Gasteiger partial charge in [0.05, 0.1) is 17.9 Å². The highest BCUT2D eigenvalue weighted by atomic mass is 32.2. The van der Waals surface area contributed by atoms with Crippen LogP contribution in [0.25, 0.3) is 0 Å². The van der Waals surface area contributed by atoms with Gasteiger partial charge in [0.2, 0.25) is 0 Å². The summed E-state index contributed by atoms with van der Waals surface area (Å²) < 4.78 is 27.7. The molecule has 1 heterocycles. The molecule has 2 N–H and O–H groups in total. The minimum absolute atomic E-state index is 0.0181. The van der Waals surface area contributed by atoms with Gasteiger partial charge in [-0.2, -0.15) is 0 Å². The zero-order valence-corrected chi connectivity index (χ0v) is 13.5. The highest BCUT2D eigenvalue weighted by Gasteiger charge is 2.30. The molecule has 1 aromatic rings. The number of phenols is 1. The molecule has 23 heavy (non-hydrogen) atoms. The molecule has 1 amide bonds. The van der Waals surface area contributed by atoms with E-state index in [0.717, 1.165) is 0 Å². The molecule has 1 saturated heterocycles. The lowest BCUT2D eigenvalue weighted by atomic mass is 10.1. The lowest BCUT2D eigenvalue weighted by molar-refractivity contribution is -0.154. The van der Waals surface area contributed by atoms with Gasteiger partial charge >= 0.3 is 5.97 Å². The van der Waals surface area contributed by atoms with Crippen molar-refractivity contribution in [2.24, 2.45) is 0 Å². The lowest BCUT2D eigenvalue weighted by Gasteiger charge is -2.16. The van der Waals surface area contributed by atoms with Gasteiger partial charge in [0.1, 0.15) is 5.75 Å². The molecule has 0 aliphatic carbocycles. The third kappa shape index (κ3) is 5.24. The number of hydrogen-bond acceptors (Lipinski definition) is 6. The number of nitrogens with one attached hydrogen (secondary N) is 1. The Bertz CT molecular complexity index is 682. The van der Waals surface area contributed by atoms with E-state index in [1.54, 1.807) is 12.1 Å². The van der Waals surface area contributed by atoms with Gasteiger partial charge in [-0.05, 0) is 31.0 Å². The zero-order chi connectivity index (χ0) is 17.0. The largest absolute Gasteiger partial charge is 0.508 e. The maximum absolute atomic E-state index is 11.9. The fourth-order valence-corrected chi connectivity index (χ4v) is 3.97. The number of esters is 1. The van der Waals surface area contributed by atoms with Gasteiger partial charge in [0.15, 0.2) is 15.9 Å². The van der Waals surface area contributed by atoms with Gasteiger partial charge in [0, 0.05) is 6.04 Å². The molecular weight excluding hydrogens is 322 g/mol. The molecule has 0 bridgehead atoms. The molecule has 7 nitrogen and oxygen atoms in total. The van der Waals surface area contributed by atoms with Crippen molar-refractivity contribution in [2.75, 3.05) is 11.5 Å². The van der Waals surface area contributed by atoms with Crippen molar-refractivity contribution in [2.45, 2.75) is 31.9 Å². The van der Waals surface area contributed by atoms with E-state index in [0.29, 0.717) is 12.0 Å². The van der Waals surface area contributed by atoms with Crippen LogP contribution in [0.3, 0.4) is 0 Å². The van der Waals surface area contributed by atoms with E-state index in [1.165, 1.54) is 19.1 Å². The van der Waals surface area contributed by atoms with Crippen molar-refractivity contribution >= 4 is 21.7 Å². The van der Waals surface area contributed by atoms with Crippen molar-refractivity contribution in [1.29, 1.82) is 0 Å². The van der Waals surface area contributed by atoms with Gasteiger partial charge in [0.25, 0.3) is 5.91 Å². The first kappa shape index (κ1) is 17.3. The molecule has 1 aromatic carbocycles. The number of ether oxygens (including phenoxy) is 1. The van der Waals surface area contributed by atoms with Crippen LogP contribution in [0.5, 0.6) is 5.75 Å². The molecule has 0 unspecified atom stereocenters. The summed E-state index contributed by atoms with van der Waals surface area (Å²) in [7, 11) is -3.08. The summed E-state index contributed by atoms with van der Waals surface area (Å²) >= 11 is 0. The molecule has 126 valence electrons. The van der Waals surface area contributed by atoms with Gasteiger partial charge in [-0.3, -0.25) is 9.59 Å². The number of carbonyl (C=O) groups excluding carboxylic acids is 2. The van der Waals surface area contributed by atoms with Crippen LogP contribution in [0, 0.1) is 0 Å². The average molecular weight is 341 g/mol. The van der Waals surface area contributed by atoms with Gasteiger partial charge in [-0.15, -0.1) is 0 Å². The van der Waals surface area contributed by atoms with Crippen molar-refractivity contribution in [1.82, 2.24) is 5.32 Å². The maximum atomic E-state index is 11.9. The molecule has 8 heteroatoms. The molecule has 0 aromatic heterocycles. The number of aromatic hydroxyl groups is 1. The van der Waals surface area contributed by atoms with Crippen molar-refractivity contribution in [3.05, 3.63) is 29.8 Å². The predicted molar refractivity (Wildman–Crippen MR) is 82.6 cm³/mol. The minimum Gasteiger partial charge on any atom is -0.508 e. The van der Waals surface area contributed by atoms with Crippen LogP contribution >= 0.6 is 0 Å². The summed E-state index contributed by atoms with van der Waals surface area (Å²) in [6.45, 7) is 1.44. The van der Waals surface area contributed by atoms with E-state index >= 15 is 0 Å². The molecule has 0 radical (unpaired) electrons. The van der Waals surface area contributed by atoms with E-state index in [9.17, 15) is 18.0 Å². The van der Waals surface area contributed by atoms with Crippen LogP contribution in [-0.2, 0) is 30.6 Å². The van der Waals surface area contributed by atoms with Crippen LogP contribution in [0.15, 0.2) is 24.3 Å². The Morgan fingerprint density at radius 3 is 2.57 bits per heavy atom. The Morgan fingerprint density at radius 1 is 1.35 bits per heavy atom. The molecule has 1 fully saturated rings. The molecule has 1 aliphatic rings. The fourth-order valence-electron chi connectivity index (χ4n) is 2.30. The van der Waals surface area contributed by atoms with Crippen LogP contribution in [0.4, 0.5) is 0 Å². The van der Waals surface area contributed by atoms with E-state index in [4.69, 9.17) is 9.84 Å². The molecular formula is C15H19NO6S. The average Bonchev–Trinajstić information content (AvgIpc) is 2.80. The van der Waals surface area contributed by atoms with Crippen LogP contribution in [-0.4, -0.2) is 49.1 Å². The van der Waals surface area contributed by atoms with Gasteiger partial charge in [-0.25, -0.2) is 8.42 Å². The van der Waals surface area contributed by atoms with Crippen LogP contribution < -0.4 is 5.32 Å². The SMILES string of the molecule is C[C@@H](OC(=O)Cc1ccc(O)cc1)C(=O)N[C@@H]1CCS(=O)(=O)C1. The number of carbonyl (C=O) groups is 2. The molecule has 0 spiro atoms. The third-order valence-electron chi connectivity index (χ3n) is 3.54. The zero-order valence-electron chi connectivity index (χ0n) is 12.7. The first-order valence-electron chi connectivity index (χ1n) is 7.23. The highest BCUT2D eigenvalue weighted by Crippen LogP contribution is 2.13. The number of hydrogen-bond donors (Lipinski definition) is 2. The minimum atomic E-state index is -3.08. The predicted octanol–water partition coefficient (Wildman–Crippen LogP) is 0.170. The van der Waals surface area contributed by atoms with E-state index in [1.807, 2.05) is 0 Å². The Kier molecular flexibility index (Phi) is 5.25. The summed E-state index contributed by atoms with van der Waals surface area (Å²) in [5.41, 5.74) is 0.655. The van der Waals surface area contributed by atoms with Crippen LogP contribution in [0.2, 0.25) is 0 Å². The number of phenolic OH excluding ortho intramolecular Hbond substituents is 1. The smallest absolute Gasteiger partial charge is 0.311 e. The van der Waals surface area contributed by atoms with Crippen molar-refractivity contribution in [3.8, 4) is 5.75 Å². The van der Waals surface area contributed by atoms with Crippen molar-refractivity contribution in [3.63, 3.8) is 0 Å².